The highest BCUT2D eigenvalue weighted by atomic mass is 15.2. The van der Waals surface area contributed by atoms with Gasteiger partial charge in [-0.1, -0.05) is 33.6 Å². The van der Waals surface area contributed by atoms with E-state index in [1.54, 1.807) is 0 Å². The third kappa shape index (κ3) is 4.59. The molecule has 1 saturated heterocycles. The molecule has 1 rings (SSSR count). The van der Waals surface area contributed by atoms with Crippen molar-refractivity contribution in [2.24, 2.45) is 5.92 Å². The Bertz CT molecular complexity index is 193. The van der Waals surface area contributed by atoms with Crippen molar-refractivity contribution in [2.75, 3.05) is 19.6 Å². The van der Waals surface area contributed by atoms with E-state index in [4.69, 9.17) is 0 Å². The SMILES string of the molecule is CCCNC1CCN(C(C)CCC)CC1CC. The summed E-state index contributed by atoms with van der Waals surface area (Å²) in [5.74, 6) is 0.856. The topological polar surface area (TPSA) is 15.3 Å². The lowest BCUT2D eigenvalue weighted by atomic mass is 9.88. The Balaban J connectivity index is 2.42. The molecule has 102 valence electrons. The summed E-state index contributed by atoms with van der Waals surface area (Å²) in [4.78, 5) is 2.71. The second-order valence-corrected chi connectivity index (χ2v) is 5.65. The van der Waals surface area contributed by atoms with E-state index in [0.29, 0.717) is 0 Å². The molecule has 0 aromatic carbocycles. The van der Waals surface area contributed by atoms with Gasteiger partial charge in [0.2, 0.25) is 0 Å². The summed E-state index contributed by atoms with van der Waals surface area (Å²) < 4.78 is 0. The summed E-state index contributed by atoms with van der Waals surface area (Å²) in [7, 11) is 0. The third-order valence-corrected chi connectivity index (χ3v) is 4.28. The largest absolute Gasteiger partial charge is 0.314 e. The summed E-state index contributed by atoms with van der Waals surface area (Å²) >= 11 is 0. The molecule has 0 aromatic heterocycles. The number of likely N-dealkylation sites (tertiary alicyclic amines) is 1. The molecular weight excluding hydrogens is 208 g/mol. The lowest BCUT2D eigenvalue weighted by Gasteiger charge is -2.41. The van der Waals surface area contributed by atoms with E-state index in [2.05, 4.69) is 37.9 Å². The monoisotopic (exact) mass is 240 g/mol. The van der Waals surface area contributed by atoms with Gasteiger partial charge in [0, 0.05) is 18.6 Å². The molecule has 3 unspecified atom stereocenters. The van der Waals surface area contributed by atoms with Gasteiger partial charge in [0.25, 0.3) is 0 Å². The first-order chi connectivity index (χ1) is 8.22. The summed E-state index contributed by atoms with van der Waals surface area (Å²) in [6.07, 6.45) is 6.57. The molecule has 1 aliphatic heterocycles. The van der Waals surface area contributed by atoms with E-state index in [1.807, 2.05) is 0 Å². The van der Waals surface area contributed by atoms with E-state index in [-0.39, 0.29) is 0 Å². The van der Waals surface area contributed by atoms with Crippen LogP contribution in [0.2, 0.25) is 0 Å². The Morgan fingerprint density at radius 1 is 1.24 bits per heavy atom. The van der Waals surface area contributed by atoms with E-state index in [1.165, 1.54) is 51.7 Å². The molecule has 0 bridgehead atoms. The first-order valence-corrected chi connectivity index (χ1v) is 7.70. The van der Waals surface area contributed by atoms with Gasteiger partial charge in [0.05, 0.1) is 0 Å². The van der Waals surface area contributed by atoms with Gasteiger partial charge in [0.1, 0.15) is 0 Å². The van der Waals surface area contributed by atoms with Crippen LogP contribution < -0.4 is 5.32 Å². The third-order valence-electron chi connectivity index (χ3n) is 4.28. The predicted molar refractivity (Wildman–Crippen MR) is 76.4 cm³/mol. The number of rotatable bonds is 7. The van der Waals surface area contributed by atoms with Crippen molar-refractivity contribution in [3.8, 4) is 0 Å². The van der Waals surface area contributed by atoms with Crippen LogP contribution >= 0.6 is 0 Å². The molecule has 0 aromatic rings. The first-order valence-electron chi connectivity index (χ1n) is 7.70. The summed E-state index contributed by atoms with van der Waals surface area (Å²) in [5.41, 5.74) is 0. The van der Waals surface area contributed by atoms with Gasteiger partial charge >= 0.3 is 0 Å². The Hall–Kier alpha value is -0.0800. The molecule has 1 N–H and O–H groups in total. The standard InChI is InChI=1S/C15H32N2/c1-5-8-13(4)17-11-9-15(16-10-6-2)14(7-3)12-17/h13-16H,5-12H2,1-4H3. The Morgan fingerprint density at radius 3 is 2.59 bits per heavy atom. The van der Waals surface area contributed by atoms with Gasteiger partial charge in [-0.3, -0.25) is 0 Å². The van der Waals surface area contributed by atoms with Gasteiger partial charge in [0.15, 0.2) is 0 Å². The second kappa shape index (κ2) is 8.10. The number of piperidine rings is 1. The van der Waals surface area contributed by atoms with Gasteiger partial charge < -0.3 is 10.2 Å². The molecule has 1 aliphatic rings. The molecule has 0 aliphatic carbocycles. The van der Waals surface area contributed by atoms with Crippen LogP contribution in [0, 0.1) is 5.92 Å². The highest BCUT2D eigenvalue weighted by Gasteiger charge is 2.29. The van der Waals surface area contributed by atoms with Gasteiger partial charge in [-0.2, -0.15) is 0 Å². The minimum absolute atomic E-state index is 0.769. The van der Waals surface area contributed by atoms with Gasteiger partial charge in [-0.15, -0.1) is 0 Å². The summed E-state index contributed by atoms with van der Waals surface area (Å²) in [5, 5.41) is 3.74. The van der Waals surface area contributed by atoms with E-state index < -0.39 is 0 Å². The quantitative estimate of drug-likeness (QED) is 0.735. The Morgan fingerprint density at radius 2 is 2.00 bits per heavy atom. The number of hydrogen-bond donors (Lipinski definition) is 1. The van der Waals surface area contributed by atoms with Crippen molar-refractivity contribution < 1.29 is 0 Å². The second-order valence-electron chi connectivity index (χ2n) is 5.65. The molecule has 0 amide bonds. The number of nitrogens with zero attached hydrogens (tertiary/aromatic N) is 1. The van der Waals surface area contributed by atoms with Crippen LogP contribution in [0.15, 0.2) is 0 Å². The van der Waals surface area contributed by atoms with E-state index in [0.717, 1.165) is 18.0 Å². The lowest BCUT2D eigenvalue weighted by molar-refractivity contribution is 0.0968. The van der Waals surface area contributed by atoms with E-state index in [9.17, 15) is 0 Å². The molecule has 0 radical (unpaired) electrons. The summed E-state index contributed by atoms with van der Waals surface area (Å²) in [6.45, 7) is 13.1. The zero-order valence-corrected chi connectivity index (χ0v) is 12.3. The zero-order valence-electron chi connectivity index (χ0n) is 12.3. The van der Waals surface area contributed by atoms with Crippen molar-refractivity contribution in [3.05, 3.63) is 0 Å². The van der Waals surface area contributed by atoms with Gasteiger partial charge in [-0.25, -0.2) is 0 Å². The zero-order chi connectivity index (χ0) is 12.7. The normalized spacial score (nSPS) is 28.2. The Kier molecular flexibility index (Phi) is 7.14. The predicted octanol–water partition coefficient (Wildman–Crippen LogP) is 3.28. The maximum atomic E-state index is 3.74. The van der Waals surface area contributed by atoms with E-state index >= 15 is 0 Å². The van der Waals surface area contributed by atoms with Crippen LogP contribution in [0.25, 0.3) is 0 Å². The lowest BCUT2D eigenvalue weighted by Crippen LogP contribution is -2.51. The molecule has 3 atom stereocenters. The molecule has 2 heteroatoms. The maximum absolute atomic E-state index is 3.74. The van der Waals surface area contributed by atoms with Crippen LogP contribution in [-0.4, -0.2) is 36.6 Å². The molecule has 0 saturated carbocycles. The molecule has 1 heterocycles. The smallest absolute Gasteiger partial charge is 0.0120 e. The maximum Gasteiger partial charge on any atom is 0.0120 e. The number of nitrogens with one attached hydrogen (secondary N) is 1. The number of hydrogen-bond acceptors (Lipinski definition) is 2. The van der Waals surface area contributed by atoms with Crippen LogP contribution in [0.3, 0.4) is 0 Å². The molecule has 1 fully saturated rings. The van der Waals surface area contributed by atoms with Crippen LogP contribution in [0.5, 0.6) is 0 Å². The van der Waals surface area contributed by atoms with Crippen molar-refractivity contribution >= 4 is 0 Å². The average Bonchev–Trinajstić information content (AvgIpc) is 2.36. The fourth-order valence-electron chi connectivity index (χ4n) is 3.07. The highest BCUT2D eigenvalue weighted by molar-refractivity contribution is 4.86. The molecule has 17 heavy (non-hydrogen) atoms. The summed E-state index contributed by atoms with van der Waals surface area (Å²) in [6, 6.07) is 1.55. The fraction of sp³-hybridized carbons (Fsp3) is 1.00. The highest BCUT2D eigenvalue weighted by Crippen LogP contribution is 2.23. The molecular formula is C15H32N2. The van der Waals surface area contributed by atoms with Crippen molar-refractivity contribution in [1.29, 1.82) is 0 Å². The first kappa shape index (κ1) is 15.0. The molecule has 2 nitrogen and oxygen atoms in total. The van der Waals surface area contributed by atoms with Crippen molar-refractivity contribution in [2.45, 2.75) is 71.9 Å². The fourth-order valence-corrected chi connectivity index (χ4v) is 3.07. The van der Waals surface area contributed by atoms with Crippen molar-refractivity contribution in [1.82, 2.24) is 10.2 Å². The average molecular weight is 240 g/mol. The van der Waals surface area contributed by atoms with Crippen LogP contribution in [0.1, 0.15) is 59.8 Å². The van der Waals surface area contributed by atoms with Gasteiger partial charge in [-0.05, 0) is 45.2 Å². The minimum atomic E-state index is 0.769. The molecule has 0 spiro atoms. The Labute approximate surface area is 108 Å². The minimum Gasteiger partial charge on any atom is -0.314 e. The van der Waals surface area contributed by atoms with Crippen LogP contribution in [0.4, 0.5) is 0 Å². The van der Waals surface area contributed by atoms with Crippen LogP contribution in [-0.2, 0) is 0 Å². The van der Waals surface area contributed by atoms with Crippen molar-refractivity contribution in [3.63, 3.8) is 0 Å².